The third-order valence-electron chi connectivity index (χ3n) is 4.55. The average Bonchev–Trinajstić information content (AvgIpc) is 2.87. The van der Waals surface area contributed by atoms with Crippen molar-refractivity contribution < 1.29 is 4.79 Å². The van der Waals surface area contributed by atoms with Gasteiger partial charge in [0.15, 0.2) is 0 Å². The highest BCUT2D eigenvalue weighted by Gasteiger charge is 2.51. The smallest absolute Gasteiger partial charge is 0.230 e. The summed E-state index contributed by atoms with van der Waals surface area (Å²) in [5.74, 6) is 0.760. The van der Waals surface area contributed by atoms with Crippen LogP contribution in [0.4, 0.5) is 5.69 Å². The van der Waals surface area contributed by atoms with Gasteiger partial charge in [0, 0.05) is 6.20 Å². The van der Waals surface area contributed by atoms with Gasteiger partial charge in [0.2, 0.25) is 5.91 Å². The first-order valence-electron chi connectivity index (χ1n) is 6.63. The maximum Gasteiger partial charge on any atom is 0.230 e. The molecule has 2 aliphatic carbocycles. The Morgan fingerprint density at radius 3 is 2.72 bits per heavy atom. The lowest BCUT2D eigenvalue weighted by Gasteiger charge is -2.27. The summed E-state index contributed by atoms with van der Waals surface area (Å²) in [5, 5.41) is 3.56. The van der Waals surface area contributed by atoms with E-state index in [0.29, 0.717) is 16.6 Å². The van der Waals surface area contributed by atoms with E-state index in [1.807, 2.05) is 0 Å². The molecule has 3 rings (SSSR count). The molecular weight excluding hydrogens is 248 g/mol. The molecule has 1 amide bonds. The van der Waals surface area contributed by atoms with E-state index in [0.717, 1.165) is 12.8 Å². The predicted octanol–water partition coefficient (Wildman–Crippen LogP) is 3.64. The molecule has 0 bridgehead atoms. The molecule has 0 spiro atoms. The Kier molecular flexibility index (Phi) is 3.02. The number of hydrogen-bond acceptors (Lipinski definition) is 2. The second-order valence-electron chi connectivity index (χ2n) is 5.48. The van der Waals surface area contributed by atoms with Crippen molar-refractivity contribution in [1.82, 2.24) is 4.98 Å². The van der Waals surface area contributed by atoms with Crippen LogP contribution in [0, 0.1) is 11.3 Å². The number of anilines is 1. The first kappa shape index (κ1) is 12.0. The summed E-state index contributed by atoms with van der Waals surface area (Å²) < 4.78 is 0. The second-order valence-corrected chi connectivity index (χ2v) is 5.92. The van der Waals surface area contributed by atoms with Gasteiger partial charge in [-0.2, -0.15) is 0 Å². The molecular formula is C14H17ClN2O. The van der Waals surface area contributed by atoms with Crippen LogP contribution in [0.15, 0.2) is 18.5 Å². The summed E-state index contributed by atoms with van der Waals surface area (Å²) in [6, 6.07) is 1.75. The Morgan fingerprint density at radius 1 is 1.33 bits per heavy atom. The molecule has 1 N–H and O–H groups in total. The first-order valence-corrected chi connectivity index (χ1v) is 7.00. The van der Waals surface area contributed by atoms with Crippen LogP contribution in [0.3, 0.4) is 0 Å². The fourth-order valence-electron chi connectivity index (χ4n) is 3.71. The third kappa shape index (κ3) is 1.91. The number of carbonyl (C=O) groups excluding carboxylic acids is 1. The third-order valence-corrected chi connectivity index (χ3v) is 4.75. The van der Waals surface area contributed by atoms with E-state index >= 15 is 0 Å². The Balaban J connectivity index is 1.79. The van der Waals surface area contributed by atoms with Gasteiger partial charge < -0.3 is 5.32 Å². The zero-order valence-corrected chi connectivity index (χ0v) is 11.0. The average molecular weight is 265 g/mol. The summed E-state index contributed by atoms with van der Waals surface area (Å²) in [6.07, 6.45) is 10.1. The maximum absolute atomic E-state index is 12.5. The molecule has 0 saturated heterocycles. The number of nitrogens with zero attached hydrogens (tertiary/aromatic N) is 1. The van der Waals surface area contributed by atoms with Gasteiger partial charge in [0.05, 0.1) is 22.3 Å². The van der Waals surface area contributed by atoms with Gasteiger partial charge in [-0.1, -0.05) is 24.4 Å². The molecule has 0 unspecified atom stereocenters. The van der Waals surface area contributed by atoms with Gasteiger partial charge in [0.1, 0.15) is 0 Å². The molecule has 1 aromatic rings. The van der Waals surface area contributed by atoms with Gasteiger partial charge in [-0.05, 0) is 37.7 Å². The second kappa shape index (κ2) is 4.54. The SMILES string of the molecule is O=C(Nc1cncc(Cl)c1)C12CCCC1CCC2. The Labute approximate surface area is 112 Å². The van der Waals surface area contributed by atoms with Crippen LogP contribution in [-0.2, 0) is 4.79 Å². The zero-order valence-electron chi connectivity index (χ0n) is 10.3. The van der Waals surface area contributed by atoms with E-state index in [2.05, 4.69) is 10.3 Å². The van der Waals surface area contributed by atoms with Crippen LogP contribution in [-0.4, -0.2) is 10.9 Å². The number of amides is 1. The molecule has 2 fully saturated rings. The molecule has 0 aromatic carbocycles. The van der Waals surface area contributed by atoms with E-state index in [-0.39, 0.29) is 11.3 Å². The monoisotopic (exact) mass is 264 g/mol. The minimum Gasteiger partial charge on any atom is -0.324 e. The molecule has 96 valence electrons. The normalized spacial score (nSPS) is 30.2. The highest BCUT2D eigenvalue weighted by molar-refractivity contribution is 6.30. The summed E-state index contributed by atoms with van der Waals surface area (Å²) in [6.45, 7) is 0. The Morgan fingerprint density at radius 2 is 2.06 bits per heavy atom. The summed E-state index contributed by atoms with van der Waals surface area (Å²) in [7, 11) is 0. The number of hydrogen-bond donors (Lipinski definition) is 1. The van der Waals surface area contributed by atoms with E-state index in [4.69, 9.17) is 11.6 Å². The standard InChI is InChI=1S/C14H17ClN2O/c15-11-7-12(9-16-8-11)17-13(18)14-5-1-3-10(14)4-2-6-14/h7-10H,1-6H2,(H,17,18). The molecule has 1 aromatic heterocycles. The maximum atomic E-state index is 12.5. The van der Waals surface area contributed by atoms with Gasteiger partial charge >= 0.3 is 0 Å². The van der Waals surface area contributed by atoms with Crippen molar-refractivity contribution in [2.75, 3.05) is 5.32 Å². The summed E-state index contributed by atoms with van der Waals surface area (Å²) in [4.78, 5) is 16.5. The van der Waals surface area contributed by atoms with Crippen molar-refractivity contribution in [1.29, 1.82) is 0 Å². The van der Waals surface area contributed by atoms with Gasteiger partial charge in [-0.3, -0.25) is 9.78 Å². The molecule has 1 heterocycles. The van der Waals surface area contributed by atoms with Crippen molar-refractivity contribution in [3.63, 3.8) is 0 Å². The van der Waals surface area contributed by atoms with Gasteiger partial charge in [0.25, 0.3) is 0 Å². The molecule has 0 aliphatic heterocycles. The number of fused-ring (bicyclic) bond motifs is 1. The lowest BCUT2D eigenvalue weighted by atomic mass is 9.79. The van der Waals surface area contributed by atoms with Crippen molar-refractivity contribution in [2.45, 2.75) is 38.5 Å². The molecule has 0 radical (unpaired) electrons. The van der Waals surface area contributed by atoms with Crippen molar-refractivity contribution in [2.24, 2.45) is 11.3 Å². The molecule has 2 aliphatic rings. The number of carbonyl (C=O) groups is 1. The lowest BCUT2D eigenvalue weighted by molar-refractivity contribution is -0.126. The van der Waals surface area contributed by atoms with Crippen molar-refractivity contribution in [3.8, 4) is 0 Å². The number of rotatable bonds is 2. The first-order chi connectivity index (χ1) is 8.71. The number of halogens is 1. The van der Waals surface area contributed by atoms with Crippen LogP contribution in [0.1, 0.15) is 38.5 Å². The molecule has 2 saturated carbocycles. The summed E-state index contributed by atoms with van der Waals surface area (Å²) >= 11 is 5.88. The van der Waals surface area contributed by atoms with Crippen molar-refractivity contribution in [3.05, 3.63) is 23.5 Å². The van der Waals surface area contributed by atoms with Crippen LogP contribution in [0.2, 0.25) is 5.02 Å². The topological polar surface area (TPSA) is 42.0 Å². The van der Waals surface area contributed by atoms with Gasteiger partial charge in [-0.15, -0.1) is 0 Å². The lowest BCUT2D eigenvalue weighted by Crippen LogP contribution is -2.36. The molecule has 18 heavy (non-hydrogen) atoms. The number of pyridine rings is 1. The van der Waals surface area contributed by atoms with Crippen LogP contribution < -0.4 is 5.32 Å². The number of aromatic nitrogens is 1. The zero-order chi connectivity index (χ0) is 12.6. The fourth-order valence-corrected chi connectivity index (χ4v) is 3.88. The molecule has 4 heteroatoms. The highest BCUT2D eigenvalue weighted by Crippen LogP contribution is 2.54. The Bertz CT molecular complexity index is 465. The van der Waals surface area contributed by atoms with Crippen LogP contribution in [0.25, 0.3) is 0 Å². The van der Waals surface area contributed by atoms with Gasteiger partial charge in [-0.25, -0.2) is 0 Å². The predicted molar refractivity (Wildman–Crippen MR) is 71.5 cm³/mol. The molecule has 0 atom stereocenters. The van der Waals surface area contributed by atoms with Crippen LogP contribution >= 0.6 is 11.6 Å². The Hall–Kier alpha value is -1.09. The number of nitrogens with one attached hydrogen (secondary N) is 1. The minimum absolute atomic E-state index is 0.109. The largest absolute Gasteiger partial charge is 0.324 e. The van der Waals surface area contributed by atoms with E-state index in [1.165, 1.54) is 25.7 Å². The fraction of sp³-hybridized carbons (Fsp3) is 0.571. The summed E-state index contributed by atoms with van der Waals surface area (Å²) in [5.41, 5.74) is 0.599. The molecule has 3 nitrogen and oxygen atoms in total. The quantitative estimate of drug-likeness (QED) is 0.886. The van der Waals surface area contributed by atoms with Crippen LogP contribution in [0.5, 0.6) is 0 Å². The van der Waals surface area contributed by atoms with E-state index in [1.54, 1.807) is 18.5 Å². The minimum atomic E-state index is -0.109. The van der Waals surface area contributed by atoms with Crippen molar-refractivity contribution >= 4 is 23.2 Å². The van der Waals surface area contributed by atoms with E-state index in [9.17, 15) is 4.79 Å². The highest BCUT2D eigenvalue weighted by atomic mass is 35.5. The van der Waals surface area contributed by atoms with E-state index < -0.39 is 0 Å².